The molecule has 0 saturated carbocycles. The molecule has 3 saturated heterocycles. The number of pyridine rings is 1. The topological polar surface area (TPSA) is 115 Å². The molecule has 1 aromatic heterocycles. The summed E-state index contributed by atoms with van der Waals surface area (Å²) < 4.78 is 5.40. The van der Waals surface area contributed by atoms with Crippen molar-refractivity contribution in [3.63, 3.8) is 0 Å². The molecule has 3 atom stereocenters. The lowest BCUT2D eigenvalue weighted by Crippen LogP contribution is -2.53. The van der Waals surface area contributed by atoms with Gasteiger partial charge in [0.25, 0.3) is 11.8 Å². The SMILES string of the molecule is CC(C)C[C@H](NC(=O)c1ccc(N(C)C)cc1)C(=O)N1CC[C@@H]2[C@H]1C(=O)CN2C(=O)c1ccc(N2CCOCC2)nc1. The van der Waals surface area contributed by atoms with Gasteiger partial charge in [-0.2, -0.15) is 0 Å². The predicted molar refractivity (Wildman–Crippen MR) is 159 cm³/mol. The summed E-state index contributed by atoms with van der Waals surface area (Å²) in [5, 5.41) is 2.92. The van der Waals surface area contributed by atoms with E-state index in [4.69, 9.17) is 4.74 Å². The van der Waals surface area contributed by atoms with Crippen molar-refractivity contribution in [2.45, 2.75) is 44.8 Å². The number of ether oxygens (including phenoxy) is 1. The number of rotatable bonds is 8. The molecule has 1 N–H and O–H groups in total. The second-order valence-corrected chi connectivity index (χ2v) is 11.8. The smallest absolute Gasteiger partial charge is 0.256 e. The van der Waals surface area contributed by atoms with Crippen molar-refractivity contribution < 1.29 is 23.9 Å². The molecule has 224 valence electrons. The van der Waals surface area contributed by atoms with E-state index in [1.54, 1.807) is 34.2 Å². The molecule has 2 aromatic rings. The second kappa shape index (κ2) is 12.5. The van der Waals surface area contributed by atoms with Crippen molar-refractivity contribution in [3.8, 4) is 0 Å². The number of anilines is 2. The number of morpholine rings is 1. The van der Waals surface area contributed by atoms with Gasteiger partial charge in [0.05, 0.1) is 31.4 Å². The summed E-state index contributed by atoms with van der Waals surface area (Å²) in [6, 6.07) is 8.86. The fraction of sp³-hybridized carbons (Fsp3) is 0.516. The number of carbonyl (C=O) groups is 4. The van der Waals surface area contributed by atoms with Crippen molar-refractivity contribution in [2.24, 2.45) is 5.92 Å². The molecule has 0 spiro atoms. The van der Waals surface area contributed by atoms with Gasteiger partial charge in [0.15, 0.2) is 5.78 Å². The third kappa shape index (κ3) is 6.11. The highest BCUT2D eigenvalue weighted by molar-refractivity contribution is 6.03. The first-order chi connectivity index (χ1) is 20.1. The zero-order valence-electron chi connectivity index (χ0n) is 24.8. The number of nitrogens with zero attached hydrogens (tertiary/aromatic N) is 5. The zero-order valence-corrected chi connectivity index (χ0v) is 24.8. The fourth-order valence-electron chi connectivity index (χ4n) is 6.04. The number of Topliss-reactive ketones (excluding diaryl/α,β-unsaturated/α-hetero) is 1. The lowest BCUT2D eigenvalue weighted by molar-refractivity contribution is -0.138. The van der Waals surface area contributed by atoms with Gasteiger partial charge in [-0.3, -0.25) is 19.2 Å². The van der Waals surface area contributed by atoms with Gasteiger partial charge in [0.1, 0.15) is 17.9 Å². The number of ketones is 1. The fourth-order valence-corrected chi connectivity index (χ4v) is 6.04. The van der Waals surface area contributed by atoms with Gasteiger partial charge >= 0.3 is 0 Å². The Balaban J connectivity index is 1.27. The quantitative estimate of drug-likeness (QED) is 0.506. The number of hydrogen-bond acceptors (Lipinski definition) is 8. The van der Waals surface area contributed by atoms with E-state index in [2.05, 4.69) is 15.2 Å². The summed E-state index contributed by atoms with van der Waals surface area (Å²) in [7, 11) is 3.85. The van der Waals surface area contributed by atoms with Crippen molar-refractivity contribution in [3.05, 3.63) is 53.7 Å². The van der Waals surface area contributed by atoms with Crippen LogP contribution in [0.25, 0.3) is 0 Å². The standard InChI is InChI=1S/C31H40N6O5/c1-20(2)17-24(33-29(39)21-5-8-23(9-6-21)34(3)4)31(41)36-12-11-25-28(36)26(38)19-37(25)30(40)22-7-10-27(32-18-22)35-13-15-42-16-14-35/h5-10,18,20,24-25,28H,11-17,19H2,1-4H3,(H,33,39)/t24-,25+,28-/m0/s1. The Morgan fingerprint density at radius 3 is 2.31 bits per heavy atom. The summed E-state index contributed by atoms with van der Waals surface area (Å²) in [6.45, 7) is 7.05. The van der Waals surface area contributed by atoms with Crippen LogP contribution in [0.1, 0.15) is 47.4 Å². The van der Waals surface area contributed by atoms with Crippen LogP contribution in [0.5, 0.6) is 0 Å². The molecular weight excluding hydrogens is 536 g/mol. The largest absolute Gasteiger partial charge is 0.378 e. The van der Waals surface area contributed by atoms with Crippen molar-refractivity contribution >= 4 is 35.0 Å². The van der Waals surface area contributed by atoms with Crippen LogP contribution in [-0.4, -0.2) is 110 Å². The molecule has 1 aromatic carbocycles. The Hall–Kier alpha value is -3.99. The molecule has 3 aliphatic rings. The Bertz CT molecular complexity index is 1310. The number of benzene rings is 1. The molecule has 0 bridgehead atoms. The van der Waals surface area contributed by atoms with Gasteiger partial charge in [-0.15, -0.1) is 0 Å². The number of hydrogen-bond donors (Lipinski definition) is 1. The molecule has 11 nitrogen and oxygen atoms in total. The minimum absolute atomic E-state index is 0.0530. The van der Waals surface area contributed by atoms with Gasteiger partial charge in [0.2, 0.25) is 5.91 Å². The van der Waals surface area contributed by atoms with E-state index >= 15 is 0 Å². The third-order valence-electron chi connectivity index (χ3n) is 8.25. The molecule has 3 aliphatic heterocycles. The van der Waals surface area contributed by atoms with E-state index in [1.165, 1.54) is 0 Å². The summed E-state index contributed by atoms with van der Waals surface area (Å²) >= 11 is 0. The molecule has 0 aliphatic carbocycles. The molecule has 3 amide bonds. The van der Waals surface area contributed by atoms with E-state index in [0.29, 0.717) is 43.7 Å². The number of nitrogens with one attached hydrogen (secondary N) is 1. The maximum Gasteiger partial charge on any atom is 0.256 e. The van der Waals surface area contributed by atoms with E-state index in [1.807, 2.05) is 51.0 Å². The normalized spacial score (nSPS) is 21.0. The molecule has 42 heavy (non-hydrogen) atoms. The molecule has 3 fully saturated rings. The van der Waals surface area contributed by atoms with Gasteiger partial charge in [-0.1, -0.05) is 13.8 Å². The summed E-state index contributed by atoms with van der Waals surface area (Å²) in [4.78, 5) is 65.4. The third-order valence-corrected chi connectivity index (χ3v) is 8.25. The predicted octanol–water partition coefficient (Wildman–Crippen LogP) is 1.82. The lowest BCUT2D eigenvalue weighted by atomic mass is 10.0. The molecule has 11 heteroatoms. The van der Waals surface area contributed by atoms with Gasteiger partial charge in [0, 0.05) is 51.2 Å². The number of aromatic nitrogens is 1. The summed E-state index contributed by atoms with van der Waals surface area (Å²) in [6.07, 6.45) is 2.50. The summed E-state index contributed by atoms with van der Waals surface area (Å²) in [5.74, 6) is -0.120. The molecule has 4 heterocycles. The average Bonchev–Trinajstić information content (AvgIpc) is 3.57. The van der Waals surface area contributed by atoms with Crippen molar-refractivity contribution in [1.29, 1.82) is 0 Å². The highest BCUT2D eigenvalue weighted by Gasteiger charge is 2.52. The van der Waals surface area contributed by atoms with Crippen LogP contribution in [0.3, 0.4) is 0 Å². The van der Waals surface area contributed by atoms with Crippen LogP contribution in [0.4, 0.5) is 11.5 Å². The number of amides is 3. The maximum atomic E-state index is 13.8. The second-order valence-electron chi connectivity index (χ2n) is 11.8. The lowest BCUT2D eigenvalue weighted by Gasteiger charge is -2.29. The van der Waals surface area contributed by atoms with E-state index < -0.39 is 18.1 Å². The Morgan fingerprint density at radius 2 is 1.69 bits per heavy atom. The monoisotopic (exact) mass is 576 g/mol. The van der Waals surface area contributed by atoms with Crippen LogP contribution in [0, 0.1) is 5.92 Å². The molecular formula is C31H40N6O5. The van der Waals surface area contributed by atoms with Crippen LogP contribution >= 0.6 is 0 Å². The number of likely N-dealkylation sites (tertiary alicyclic amines) is 2. The van der Waals surface area contributed by atoms with Crippen LogP contribution in [-0.2, 0) is 14.3 Å². The van der Waals surface area contributed by atoms with Gasteiger partial charge in [-0.25, -0.2) is 4.98 Å². The van der Waals surface area contributed by atoms with E-state index in [0.717, 1.165) is 24.6 Å². The summed E-state index contributed by atoms with van der Waals surface area (Å²) in [5.41, 5.74) is 1.84. The Morgan fingerprint density at radius 1 is 1.00 bits per heavy atom. The van der Waals surface area contributed by atoms with E-state index in [9.17, 15) is 19.2 Å². The number of carbonyl (C=O) groups excluding carboxylic acids is 4. The first kappa shape index (κ1) is 29.5. The van der Waals surface area contributed by atoms with Crippen LogP contribution in [0.2, 0.25) is 0 Å². The highest BCUT2D eigenvalue weighted by atomic mass is 16.5. The zero-order chi connectivity index (χ0) is 30.0. The highest BCUT2D eigenvalue weighted by Crippen LogP contribution is 2.32. The molecule has 0 unspecified atom stereocenters. The van der Waals surface area contributed by atoms with Crippen molar-refractivity contribution in [2.75, 3.05) is 63.3 Å². The van der Waals surface area contributed by atoms with E-state index in [-0.39, 0.29) is 36.0 Å². The average molecular weight is 577 g/mol. The van der Waals surface area contributed by atoms with Gasteiger partial charge in [-0.05, 0) is 55.2 Å². The Labute approximate surface area is 246 Å². The van der Waals surface area contributed by atoms with Gasteiger partial charge < -0.3 is 29.7 Å². The minimum atomic E-state index is -0.778. The first-order valence-corrected chi connectivity index (χ1v) is 14.6. The number of fused-ring (bicyclic) bond motifs is 1. The molecule has 0 radical (unpaired) electrons. The first-order valence-electron chi connectivity index (χ1n) is 14.6. The van der Waals surface area contributed by atoms with Crippen LogP contribution in [0.15, 0.2) is 42.6 Å². The molecule has 5 rings (SSSR count). The van der Waals surface area contributed by atoms with Crippen LogP contribution < -0.4 is 15.1 Å². The van der Waals surface area contributed by atoms with Crippen molar-refractivity contribution in [1.82, 2.24) is 20.1 Å². The minimum Gasteiger partial charge on any atom is -0.378 e. The Kier molecular flexibility index (Phi) is 8.77. The maximum absolute atomic E-state index is 13.8.